The number of halogens is 1. The van der Waals surface area contributed by atoms with Gasteiger partial charge in [-0.25, -0.2) is 15.0 Å². The van der Waals surface area contributed by atoms with Crippen LogP contribution in [-0.2, 0) is 6.42 Å². The molecule has 0 aliphatic carbocycles. The number of pyridine rings is 1. The SMILES string of the molecule is Cc1c(-c2nccc(-c3cc4c([nH]3)CCNC4=O)n2)c(Cl)nc2ccccc12. The molecule has 1 aromatic carbocycles. The molecule has 1 amide bonds. The normalized spacial score (nSPS) is 13.4. The Bertz CT molecular complexity index is 1250. The molecular formula is C21H16ClN5O. The molecule has 7 heteroatoms. The van der Waals surface area contributed by atoms with E-state index in [-0.39, 0.29) is 5.91 Å². The van der Waals surface area contributed by atoms with E-state index in [1.807, 2.05) is 43.3 Å². The zero-order chi connectivity index (χ0) is 19.3. The van der Waals surface area contributed by atoms with Crippen LogP contribution in [0.25, 0.3) is 33.7 Å². The molecule has 1 aliphatic rings. The van der Waals surface area contributed by atoms with Crippen molar-refractivity contribution in [3.8, 4) is 22.8 Å². The van der Waals surface area contributed by atoms with Gasteiger partial charge in [-0.1, -0.05) is 29.8 Å². The number of carbonyl (C=O) groups is 1. The van der Waals surface area contributed by atoms with Crippen LogP contribution in [0.4, 0.5) is 0 Å². The number of hydrogen-bond acceptors (Lipinski definition) is 4. The average Bonchev–Trinajstić information content (AvgIpc) is 3.14. The summed E-state index contributed by atoms with van der Waals surface area (Å²) >= 11 is 6.49. The third kappa shape index (κ3) is 2.65. The number of carbonyl (C=O) groups excluding carboxylic acids is 1. The summed E-state index contributed by atoms with van der Waals surface area (Å²) in [5.74, 6) is 0.450. The molecule has 0 bridgehead atoms. The highest BCUT2D eigenvalue weighted by molar-refractivity contribution is 6.32. The highest BCUT2D eigenvalue weighted by atomic mass is 35.5. The first-order chi connectivity index (χ1) is 13.6. The highest BCUT2D eigenvalue weighted by Gasteiger charge is 2.21. The number of fused-ring (bicyclic) bond motifs is 2. The number of nitrogens with one attached hydrogen (secondary N) is 2. The van der Waals surface area contributed by atoms with Crippen molar-refractivity contribution in [1.82, 2.24) is 25.3 Å². The lowest BCUT2D eigenvalue weighted by atomic mass is 10.0. The van der Waals surface area contributed by atoms with Crippen molar-refractivity contribution in [1.29, 1.82) is 0 Å². The van der Waals surface area contributed by atoms with Crippen LogP contribution >= 0.6 is 11.6 Å². The van der Waals surface area contributed by atoms with Crippen LogP contribution in [-0.4, -0.2) is 32.4 Å². The molecule has 6 nitrogen and oxygen atoms in total. The molecule has 0 unspecified atom stereocenters. The first-order valence-electron chi connectivity index (χ1n) is 9.00. The summed E-state index contributed by atoms with van der Waals surface area (Å²) in [6, 6.07) is 11.5. The predicted molar refractivity (Wildman–Crippen MR) is 108 cm³/mol. The number of hydrogen-bond donors (Lipinski definition) is 2. The van der Waals surface area contributed by atoms with Crippen molar-refractivity contribution in [3.63, 3.8) is 0 Å². The Morgan fingerprint density at radius 2 is 2.00 bits per heavy atom. The van der Waals surface area contributed by atoms with Gasteiger partial charge in [0.25, 0.3) is 5.91 Å². The third-order valence-electron chi connectivity index (χ3n) is 5.07. The molecule has 4 heterocycles. The molecule has 3 aromatic heterocycles. The van der Waals surface area contributed by atoms with Crippen LogP contribution in [0.3, 0.4) is 0 Å². The molecule has 2 N–H and O–H groups in total. The Kier molecular flexibility index (Phi) is 3.87. The first kappa shape index (κ1) is 16.9. The zero-order valence-corrected chi connectivity index (χ0v) is 15.8. The smallest absolute Gasteiger partial charge is 0.253 e. The van der Waals surface area contributed by atoms with Crippen molar-refractivity contribution >= 4 is 28.4 Å². The molecule has 0 spiro atoms. The lowest BCUT2D eigenvalue weighted by Gasteiger charge is -2.11. The van der Waals surface area contributed by atoms with Crippen LogP contribution in [0.5, 0.6) is 0 Å². The Balaban J connectivity index is 1.64. The maximum absolute atomic E-state index is 12.0. The number of aromatic amines is 1. The summed E-state index contributed by atoms with van der Waals surface area (Å²) < 4.78 is 0. The average molecular weight is 390 g/mol. The first-order valence-corrected chi connectivity index (χ1v) is 9.38. The summed E-state index contributed by atoms with van der Waals surface area (Å²) in [6.45, 7) is 2.64. The Morgan fingerprint density at radius 3 is 2.86 bits per heavy atom. The molecular weight excluding hydrogens is 374 g/mol. The van der Waals surface area contributed by atoms with E-state index in [9.17, 15) is 4.79 Å². The van der Waals surface area contributed by atoms with E-state index in [1.54, 1.807) is 6.20 Å². The summed E-state index contributed by atoms with van der Waals surface area (Å²) in [4.78, 5) is 29.0. The van der Waals surface area contributed by atoms with Gasteiger partial charge in [-0.05, 0) is 30.7 Å². The quantitative estimate of drug-likeness (QED) is 0.509. The van der Waals surface area contributed by atoms with Gasteiger partial charge in [-0.3, -0.25) is 4.79 Å². The van der Waals surface area contributed by atoms with Gasteiger partial charge in [0.05, 0.1) is 28.0 Å². The van der Waals surface area contributed by atoms with Gasteiger partial charge in [0.15, 0.2) is 5.82 Å². The number of benzene rings is 1. The number of aromatic nitrogens is 4. The van der Waals surface area contributed by atoms with Gasteiger partial charge in [-0.2, -0.15) is 0 Å². The fourth-order valence-corrected chi connectivity index (χ4v) is 3.98. The van der Waals surface area contributed by atoms with E-state index in [1.165, 1.54) is 0 Å². The molecule has 0 saturated carbocycles. The Labute approximate surface area is 166 Å². The molecule has 0 atom stereocenters. The van der Waals surface area contributed by atoms with Crippen LogP contribution in [0, 0.1) is 6.92 Å². The van der Waals surface area contributed by atoms with Gasteiger partial charge in [-0.15, -0.1) is 0 Å². The topological polar surface area (TPSA) is 83.6 Å². The van der Waals surface area contributed by atoms with E-state index in [0.29, 0.717) is 28.8 Å². The van der Waals surface area contributed by atoms with Gasteiger partial charge < -0.3 is 10.3 Å². The van der Waals surface area contributed by atoms with Crippen molar-refractivity contribution in [2.45, 2.75) is 13.3 Å². The molecule has 1 aliphatic heterocycles. The monoisotopic (exact) mass is 389 g/mol. The Hall–Kier alpha value is -3.25. The molecule has 0 fully saturated rings. The van der Waals surface area contributed by atoms with Gasteiger partial charge >= 0.3 is 0 Å². The summed E-state index contributed by atoms with van der Waals surface area (Å²) in [5.41, 5.74) is 5.63. The van der Waals surface area contributed by atoms with Gasteiger partial charge in [0.1, 0.15) is 5.15 Å². The number of para-hydroxylation sites is 1. The van der Waals surface area contributed by atoms with Crippen molar-refractivity contribution in [2.75, 3.05) is 6.54 Å². The van der Waals surface area contributed by atoms with E-state index >= 15 is 0 Å². The second-order valence-electron chi connectivity index (χ2n) is 6.77. The molecule has 5 rings (SSSR count). The van der Waals surface area contributed by atoms with Crippen LogP contribution in [0.15, 0.2) is 42.6 Å². The summed E-state index contributed by atoms with van der Waals surface area (Å²) in [7, 11) is 0. The van der Waals surface area contributed by atoms with Gasteiger partial charge in [0.2, 0.25) is 0 Å². The number of aryl methyl sites for hydroxylation is 1. The maximum Gasteiger partial charge on any atom is 0.253 e. The minimum Gasteiger partial charge on any atom is -0.356 e. The molecule has 4 aromatic rings. The highest BCUT2D eigenvalue weighted by Crippen LogP contribution is 2.33. The third-order valence-corrected chi connectivity index (χ3v) is 5.34. The van der Waals surface area contributed by atoms with E-state index in [4.69, 9.17) is 16.6 Å². The lowest BCUT2D eigenvalue weighted by Crippen LogP contribution is -2.31. The van der Waals surface area contributed by atoms with Crippen molar-refractivity contribution in [2.24, 2.45) is 0 Å². The summed E-state index contributed by atoms with van der Waals surface area (Å²) in [6.07, 6.45) is 2.47. The maximum atomic E-state index is 12.0. The minimum absolute atomic E-state index is 0.0596. The zero-order valence-electron chi connectivity index (χ0n) is 15.1. The fourth-order valence-electron chi connectivity index (χ4n) is 3.66. The lowest BCUT2D eigenvalue weighted by molar-refractivity contribution is 0.0946. The van der Waals surface area contributed by atoms with E-state index < -0.39 is 0 Å². The Morgan fingerprint density at radius 1 is 1.14 bits per heavy atom. The molecule has 28 heavy (non-hydrogen) atoms. The molecule has 0 saturated heterocycles. The fraction of sp³-hybridized carbons (Fsp3) is 0.143. The minimum atomic E-state index is -0.0596. The van der Waals surface area contributed by atoms with Crippen molar-refractivity contribution in [3.05, 3.63) is 64.6 Å². The van der Waals surface area contributed by atoms with E-state index in [2.05, 4.69) is 20.3 Å². The second-order valence-corrected chi connectivity index (χ2v) is 7.12. The number of amides is 1. The standard InChI is InChI=1S/C21H16ClN5O/c1-11-12-4-2-3-5-14(12)26-19(22)18(11)20-23-8-7-16(27-20)17-10-13-15(25-17)6-9-24-21(13)28/h2-5,7-8,10,25H,6,9H2,1H3,(H,24,28). The molecule has 0 radical (unpaired) electrons. The second kappa shape index (κ2) is 6.42. The number of rotatable bonds is 2. The number of nitrogens with zero attached hydrogens (tertiary/aromatic N) is 3. The number of H-pyrrole nitrogens is 1. The molecule has 138 valence electrons. The van der Waals surface area contributed by atoms with Crippen molar-refractivity contribution < 1.29 is 4.79 Å². The van der Waals surface area contributed by atoms with Crippen LogP contribution in [0.2, 0.25) is 5.15 Å². The summed E-state index contributed by atoms with van der Waals surface area (Å²) in [5, 5.41) is 4.24. The predicted octanol–water partition coefficient (Wildman–Crippen LogP) is 3.93. The van der Waals surface area contributed by atoms with Crippen LogP contribution in [0.1, 0.15) is 21.6 Å². The van der Waals surface area contributed by atoms with Gasteiger partial charge in [0, 0.05) is 30.2 Å². The largest absolute Gasteiger partial charge is 0.356 e. The van der Waals surface area contributed by atoms with E-state index in [0.717, 1.165) is 39.8 Å². The van der Waals surface area contributed by atoms with Crippen LogP contribution < -0.4 is 5.32 Å².